The number of anilines is 1. The van der Waals surface area contributed by atoms with E-state index in [1.165, 1.54) is 11.5 Å². The molecule has 0 saturated carbocycles. The van der Waals surface area contributed by atoms with Crippen molar-refractivity contribution in [2.45, 2.75) is 26.3 Å². The zero-order valence-electron chi connectivity index (χ0n) is 9.70. The molecule has 0 aromatic carbocycles. The highest BCUT2D eigenvalue weighted by atomic mass is 32.1. The number of carbonyl (C=O) groups is 1. The van der Waals surface area contributed by atoms with Gasteiger partial charge in [0.1, 0.15) is 5.00 Å². The molecule has 1 heterocycles. The molecule has 0 aliphatic carbocycles. The second kappa shape index (κ2) is 5.81. The van der Waals surface area contributed by atoms with E-state index < -0.39 is 0 Å². The lowest BCUT2D eigenvalue weighted by Crippen LogP contribution is -2.33. The summed E-state index contributed by atoms with van der Waals surface area (Å²) in [5.74, 6) is -0.142. The van der Waals surface area contributed by atoms with E-state index in [-0.39, 0.29) is 18.6 Å². The monoisotopic (exact) mass is 243 g/mol. The summed E-state index contributed by atoms with van der Waals surface area (Å²) in [6.45, 7) is 3.74. The van der Waals surface area contributed by atoms with E-state index >= 15 is 0 Å². The third-order valence-electron chi connectivity index (χ3n) is 2.26. The van der Waals surface area contributed by atoms with E-state index in [0.29, 0.717) is 12.0 Å². The van der Waals surface area contributed by atoms with Crippen LogP contribution in [0.1, 0.15) is 29.4 Å². The molecule has 1 aromatic rings. The zero-order valence-corrected chi connectivity index (χ0v) is 10.5. The molecular formula is C10H17N3O2S. The third kappa shape index (κ3) is 2.93. The van der Waals surface area contributed by atoms with Crippen LogP contribution in [0.25, 0.3) is 0 Å². The van der Waals surface area contributed by atoms with Crippen molar-refractivity contribution in [2.24, 2.45) is 0 Å². The van der Waals surface area contributed by atoms with E-state index in [2.05, 4.69) is 15.0 Å². The van der Waals surface area contributed by atoms with Gasteiger partial charge in [-0.05, 0) is 31.8 Å². The average Bonchev–Trinajstić information content (AvgIpc) is 2.59. The van der Waals surface area contributed by atoms with Crippen molar-refractivity contribution in [3.05, 3.63) is 11.3 Å². The maximum atomic E-state index is 11.9. The van der Waals surface area contributed by atoms with Crippen LogP contribution >= 0.6 is 11.5 Å². The van der Waals surface area contributed by atoms with Crippen LogP contribution in [0.4, 0.5) is 5.00 Å². The van der Waals surface area contributed by atoms with Gasteiger partial charge in [0, 0.05) is 19.7 Å². The minimum absolute atomic E-state index is 0.0403. The van der Waals surface area contributed by atoms with Crippen molar-refractivity contribution in [3.8, 4) is 0 Å². The topological polar surface area (TPSA) is 74.2 Å². The van der Waals surface area contributed by atoms with Crippen molar-refractivity contribution >= 4 is 22.4 Å². The number of aliphatic hydroxyl groups is 1. The Morgan fingerprint density at radius 2 is 2.31 bits per heavy atom. The van der Waals surface area contributed by atoms with Crippen LogP contribution in [0.5, 0.6) is 0 Å². The van der Waals surface area contributed by atoms with E-state index in [9.17, 15) is 4.79 Å². The summed E-state index contributed by atoms with van der Waals surface area (Å²) in [5, 5.41) is 15.3. The highest BCUT2D eigenvalue weighted by Crippen LogP contribution is 2.23. The third-order valence-corrected chi connectivity index (χ3v) is 3.21. The Labute approximate surface area is 99.0 Å². The first kappa shape index (κ1) is 12.9. The number of aryl methyl sites for hydroxylation is 1. The van der Waals surface area contributed by atoms with Crippen molar-refractivity contribution in [2.75, 3.05) is 19.0 Å². The molecule has 0 aliphatic rings. The largest absolute Gasteiger partial charge is 0.396 e. The van der Waals surface area contributed by atoms with Crippen molar-refractivity contribution in [1.82, 2.24) is 9.69 Å². The number of rotatable bonds is 5. The van der Waals surface area contributed by atoms with E-state index in [0.717, 1.165) is 10.7 Å². The number of amides is 1. The molecule has 0 saturated heterocycles. The van der Waals surface area contributed by atoms with Gasteiger partial charge >= 0.3 is 0 Å². The van der Waals surface area contributed by atoms with Gasteiger partial charge in [0.05, 0.1) is 11.3 Å². The van der Waals surface area contributed by atoms with Gasteiger partial charge in [-0.2, -0.15) is 4.37 Å². The summed E-state index contributed by atoms with van der Waals surface area (Å²) in [6, 6.07) is -0.0403. The maximum Gasteiger partial charge on any atom is 0.256 e. The van der Waals surface area contributed by atoms with E-state index in [1.54, 1.807) is 7.05 Å². The van der Waals surface area contributed by atoms with Gasteiger partial charge in [0.2, 0.25) is 0 Å². The smallest absolute Gasteiger partial charge is 0.256 e. The minimum Gasteiger partial charge on any atom is -0.396 e. The second-order valence-electron chi connectivity index (χ2n) is 3.61. The quantitative estimate of drug-likeness (QED) is 0.721. The second-order valence-corrected chi connectivity index (χ2v) is 4.38. The first-order valence-electron chi connectivity index (χ1n) is 5.15. The van der Waals surface area contributed by atoms with Crippen LogP contribution < -0.4 is 10.6 Å². The van der Waals surface area contributed by atoms with Crippen LogP contribution in [-0.4, -0.2) is 35.1 Å². The first-order valence-corrected chi connectivity index (χ1v) is 5.93. The summed E-state index contributed by atoms with van der Waals surface area (Å²) in [5.41, 5.74) is 1.32. The van der Waals surface area contributed by atoms with Gasteiger partial charge in [-0.15, -0.1) is 0 Å². The lowest BCUT2D eigenvalue weighted by molar-refractivity contribution is 0.0935. The van der Waals surface area contributed by atoms with Crippen LogP contribution in [0.15, 0.2) is 0 Å². The molecule has 0 fully saturated rings. The SMILES string of the molecule is CNc1snc(C)c1C(=O)N[C@H](C)CCO. The molecule has 0 radical (unpaired) electrons. The lowest BCUT2D eigenvalue weighted by atomic mass is 10.2. The van der Waals surface area contributed by atoms with Crippen LogP contribution in [0, 0.1) is 6.92 Å². The molecule has 16 heavy (non-hydrogen) atoms. The first-order chi connectivity index (χ1) is 7.60. The number of aromatic nitrogens is 1. The standard InChI is InChI=1S/C10H17N3O2S/c1-6(4-5-14)12-9(15)8-7(2)13-16-10(8)11-3/h6,11,14H,4-5H2,1-3H3,(H,12,15)/t6-/m1/s1. The van der Waals surface area contributed by atoms with Crippen molar-refractivity contribution in [1.29, 1.82) is 0 Å². The Kier molecular flexibility index (Phi) is 4.70. The summed E-state index contributed by atoms with van der Waals surface area (Å²) in [6.07, 6.45) is 0.553. The van der Waals surface area contributed by atoms with Gasteiger partial charge in [0.25, 0.3) is 5.91 Å². The number of carbonyl (C=O) groups excluding carboxylic acids is 1. The molecule has 1 atom stereocenters. The van der Waals surface area contributed by atoms with Crippen LogP contribution in [0.3, 0.4) is 0 Å². The molecule has 1 aromatic heterocycles. The molecule has 1 amide bonds. The molecule has 0 spiro atoms. The normalized spacial score (nSPS) is 12.2. The Bertz CT molecular complexity index is 365. The summed E-state index contributed by atoms with van der Waals surface area (Å²) >= 11 is 1.27. The summed E-state index contributed by atoms with van der Waals surface area (Å²) in [4.78, 5) is 11.9. The average molecular weight is 243 g/mol. The fourth-order valence-electron chi connectivity index (χ4n) is 1.37. The number of nitrogens with one attached hydrogen (secondary N) is 2. The van der Waals surface area contributed by atoms with Crippen LogP contribution in [0.2, 0.25) is 0 Å². The molecule has 0 unspecified atom stereocenters. The molecule has 5 nitrogen and oxygen atoms in total. The summed E-state index contributed by atoms with van der Waals surface area (Å²) < 4.78 is 4.13. The fourth-order valence-corrected chi connectivity index (χ4v) is 2.11. The van der Waals surface area contributed by atoms with E-state index in [1.807, 2.05) is 13.8 Å². The molecule has 3 N–H and O–H groups in total. The number of hydrogen-bond acceptors (Lipinski definition) is 5. The Hall–Kier alpha value is -1.14. The zero-order chi connectivity index (χ0) is 12.1. The van der Waals surface area contributed by atoms with E-state index in [4.69, 9.17) is 5.11 Å². The lowest BCUT2D eigenvalue weighted by Gasteiger charge is -2.12. The number of nitrogens with zero attached hydrogens (tertiary/aromatic N) is 1. The Morgan fingerprint density at radius 1 is 1.62 bits per heavy atom. The predicted octanol–water partition coefficient (Wildman–Crippen LogP) is 0.994. The van der Waals surface area contributed by atoms with Gasteiger partial charge in [0.15, 0.2) is 0 Å². The highest BCUT2D eigenvalue weighted by Gasteiger charge is 2.18. The highest BCUT2D eigenvalue weighted by molar-refractivity contribution is 7.10. The van der Waals surface area contributed by atoms with Crippen molar-refractivity contribution < 1.29 is 9.90 Å². The molecule has 6 heteroatoms. The Morgan fingerprint density at radius 3 is 2.88 bits per heavy atom. The van der Waals surface area contributed by atoms with Gasteiger partial charge < -0.3 is 15.7 Å². The fraction of sp³-hybridized carbons (Fsp3) is 0.600. The maximum absolute atomic E-state index is 11.9. The molecule has 0 bridgehead atoms. The molecule has 1 rings (SSSR count). The minimum atomic E-state index is -0.142. The van der Waals surface area contributed by atoms with Gasteiger partial charge in [-0.25, -0.2) is 0 Å². The Balaban J connectivity index is 2.75. The van der Waals surface area contributed by atoms with Crippen LogP contribution in [-0.2, 0) is 0 Å². The van der Waals surface area contributed by atoms with Crippen molar-refractivity contribution in [3.63, 3.8) is 0 Å². The van der Waals surface area contributed by atoms with Gasteiger partial charge in [-0.1, -0.05) is 0 Å². The molecular weight excluding hydrogens is 226 g/mol. The molecule has 0 aliphatic heterocycles. The number of aliphatic hydroxyl groups excluding tert-OH is 1. The molecule has 90 valence electrons. The van der Waals surface area contributed by atoms with Gasteiger partial charge in [-0.3, -0.25) is 4.79 Å². The number of hydrogen-bond donors (Lipinski definition) is 3. The summed E-state index contributed by atoms with van der Waals surface area (Å²) in [7, 11) is 1.76. The predicted molar refractivity (Wildman–Crippen MR) is 65.0 cm³/mol.